The number of carbonyl (C=O) groups excluding carboxylic acids is 4. The molecule has 60 heavy (non-hydrogen) atoms. The summed E-state index contributed by atoms with van der Waals surface area (Å²) in [5.41, 5.74) is 5.36. The largest absolute Gasteiger partial charge is 0.315 e. The van der Waals surface area contributed by atoms with Gasteiger partial charge in [-0.2, -0.15) is 0 Å². The molecule has 2 aromatic heterocycles. The first-order valence-corrected chi connectivity index (χ1v) is 20.9. The summed E-state index contributed by atoms with van der Waals surface area (Å²) in [6.45, 7) is 12.5. The van der Waals surface area contributed by atoms with Crippen LogP contribution in [0.3, 0.4) is 0 Å². The highest BCUT2D eigenvalue weighted by Gasteiger charge is 2.34. The molecule has 0 unspecified atom stereocenters. The van der Waals surface area contributed by atoms with Crippen LogP contribution in [0.1, 0.15) is 79.5 Å². The quantitative estimate of drug-likeness (QED) is 0.215. The monoisotopic (exact) mass is 808 g/mol. The molecule has 16 nitrogen and oxygen atoms in total. The van der Waals surface area contributed by atoms with Gasteiger partial charge >= 0.3 is 0 Å². The molecule has 16 heteroatoms. The Kier molecular flexibility index (Phi) is 11.0. The molecule has 1 saturated heterocycles. The van der Waals surface area contributed by atoms with Crippen LogP contribution < -0.4 is 10.6 Å². The maximum absolute atomic E-state index is 13.1. The van der Waals surface area contributed by atoms with Gasteiger partial charge in [0.2, 0.25) is 0 Å². The van der Waals surface area contributed by atoms with Crippen molar-refractivity contribution in [2.75, 3.05) is 65.4 Å². The van der Waals surface area contributed by atoms with E-state index in [1.165, 1.54) is 9.80 Å². The van der Waals surface area contributed by atoms with E-state index >= 15 is 0 Å². The standard InChI is InChI=1S/C44H48N12O4/c1-3-53-41(57)33-11-5-9-31-37(15-13-35(39(31)33)43(53)59)55-27-29(47-49-55)25-51-21-7-17-46-20-24-52(22-8-18-45-19-23-51)26-30-28-56(50-48-30)38-16-14-36-40-32(38)10-6-12-34(40)42(58)54(4-2)44(36)60/h5-6,9-16,27-28,45-46H,3-4,7-8,17-26H2,1-2H3. The molecule has 0 spiro atoms. The first-order chi connectivity index (χ1) is 29.3. The van der Waals surface area contributed by atoms with Gasteiger partial charge in [-0.15, -0.1) is 10.2 Å². The predicted molar refractivity (Wildman–Crippen MR) is 225 cm³/mol. The lowest BCUT2D eigenvalue weighted by Crippen LogP contribution is -2.40. The lowest BCUT2D eigenvalue weighted by molar-refractivity contribution is 0.0603. The lowest BCUT2D eigenvalue weighted by Gasteiger charge is -2.26. The van der Waals surface area contributed by atoms with Gasteiger partial charge in [0.25, 0.3) is 23.6 Å². The van der Waals surface area contributed by atoms with Crippen LogP contribution in [0.25, 0.3) is 32.9 Å². The summed E-state index contributed by atoms with van der Waals surface area (Å²) in [4.78, 5) is 59.9. The number of imide groups is 2. The second-order valence-corrected chi connectivity index (χ2v) is 15.5. The normalized spacial score (nSPS) is 17.6. The van der Waals surface area contributed by atoms with Crippen LogP contribution in [-0.4, -0.2) is 139 Å². The highest BCUT2D eigenvalue weighted by Crippen LogP contribution is 2.35. The van der Waals surface area contributed by atoms with Crippen molar-refractivity contribution in [3.05, 3.63) is 107 Å². The summed E-state index contributed by atoms with van der Waals surface area (Å²) < 4.78 is 3.49. The molecule has 1 fully saturated rings. The minimum absolute atomic E-state index is 0.271. The average molecular weight is 809 g/mol. The summed E-state index contributed by atoms with van der Waals surface area (Å²) in [7, 11) is 0. The molecule has 0 radical (unpaired) electrons. The fraction of sp³-hybridized carbons (Fsp3) is 0.364. The van der Waals surface area contributed by atoms with Crippen molar-refractivity contribution in [3.8, 4) is 11.4 Å². The minimum Gasteiger partial charge on any atom is -0.315 e. The number of hydrogen-bond donors (Lipinski definition) is 2. The Bertz CT molecular complexity index is 2390. The Hall–Kier alpha value is -6.20. The molecule has 0 aliphatic carbocycles. The van der Waals surface area contributed by atoms with Crippen LogP contribution in [-0.2, 0) is 13.1 Å². The van der Waals surface area contributed by atoms with Gasteiger partial charge in [0, 0.05) is 96.2 Å². The molecule has 6 aromatic rings. The first kappa shape index (κ1) is 39.3. The Labute approximate surface area is 347 Å². The molecular formula is C44H48N12O4. The third-order valence-corrected chi connectivity index (χ3v) is 11.8. The van der Waals surface area contributed by atoms with Crippen molar-refractivity contribution in [2.24, 2.45) is 0 Å². The molecular weight excluding hydrogens is 761 g/mol. The summed E-state index contributed by atoms with van der Waals surface area (Å²) in [6, 6.07) is 18.5. The molecule has 3 aliphatic heterocycles. The van der Waals surface area contributed by atoms with Crippen LogP contribution in [0.5, 0.6) is 0 Å². The van der Waals surface area contributed by atoms with E-state index in [9.17, 15) is 19.2 Å². The summed E-state index contributed by atoms with van der Waals surface area (Å²) in [5, 5.41) is 28.2. The van der Waals surface area contributed by atoms with Crippen molar-refractivity contribution in [3.63, 3.8) is 0 Å². The molecule has 4 aromatic carbocycles. The molecule has 308 valence electrons. The SMILES string of the molecule is CCN1C(=O)c2cccc3c(-n4cc(CN5CCCNCCN(Cc6cn(-c7ccc8c9c(cccc79)C(=O)N(CC)C8=O)nn6)CCCNCC5)nn4)ccc(c23)C1=O. The molecule has 4 amide bonds. The number of benzene rings is 4. The molecule has 3 aliphatic rings. The van der Waals surface area contributed by atoms with E-state index in [2.05, 4.69) is 41.1 Å². The van der Waals surface area contributed by atoms with Gasteiger partial charge in [0.15, 0.2) is 0 Å². The number of carbonyl (C=O) groups is 4. The Balaban J connectivity index is 0.814. The van der Waals surface area contributed by atoms with Crippen LogP contribution >= 0.6 is 0 Å². The van der Waals surface area contributed by atoms with Gasteiger partial charge in [-0.3, -0.25) is 38.8 Å². The summed E-state index contributed by atoms with van der Waals surface area (Å²) in [6.07, 6.45) is 5.82. The van der Waals surface area contributed by atoms with E-state index in [4.69, 9.17) is 0 Å². The predicted octanol–water partition coefficient (Wildman–Crippen LogP) is 3.66. The first-order valence-electron chi connectivity index (χ1n) is 20.9. The van der Waals surface area contributed by atoms with Crippen LogP contribution in [0.4, 0.5) is 0 Å². The molecule has 0 atom stereocenters. The molecule has 0 saturated carbocycles. The average Bonchev–Trinajstić information content (AvgIpc) is 3.93. The second kappa shape index (κ2) is 16.8. The number of nitrogens with zero attached hydrogens (tertiary/aromatic N) is 10. The number of nitrogens with one attached hydrogen (secondary N) is 2. The smallest absolute Gasteiger partial charge is 0.261 e. The molecule has 5 heterocycles. The zero-order chi connectivity index (χ0) is 41.3. The van der Waals surface area contributed by atoms with E-state index < -0.39 is 0 Å². The zero-order valence-corrected chi connectivity index (χ0v) is 33.9. The van der Waals surface area contributed by atoms with Crippen molar-refractivity contribution in [2.45, 2.75) is 39.8 Å². The Morgan fingerprint density at radius 1 is 0.517 bits per heavy atom. The van der Waals surface area contributed by atoms with Crippen molar-refractivity contribution in [1.29, 1.82) is 0 Å². The van der Waals surface area contributed by atoms with E-state index in [0.29, 0.717) is 59.2 Å². The summed E-state index contributed by atoms with van der Waals surface area (Å²) >= 11 is 0. The molecule has 0 bridgehead atoms. The van der Waals surface area contributed by atoms with Gasteiger partial charge in [0.1, 0.15) is 0 Å². The van der Waals surface area contributed by atoms with Gasteiger partial charge in [-0.25, -0.2) is 9.36 Å². The maximum atomic E-state index is 13.1. The topological polar surface area (TPSA) is 167 Å². The highest BCUT2D eigenvalue weighted by molar-refractivity contribution is 6.27. The van der Waals surface area contributed by atoms with Crippen molar-refractivity contribution >= 4 is 45.2 Å². The number of amides is 4. The lowest BCUT2D eigenvalue weighted by atomic mass is 9.93. The number of rotatable bonds is 8. The van der Waals surface area contributed by atoms with Gasteiger partial charge in [-0.05, 0) is 89.3 Å². The molecule has 9 rings (SSSR count). The fourth-order valence-electron chi connectivity index (χ4n) is 8.79. The van der Waals surface area contributed by atoms with Gasteiger partial charge in [0.05, 0.1) is 35.2 Å². The molecule has 2 N–H and O–H groups in total. The van der Waals surface area contributed by atoms with E-state index in [1.807, 2.05) is 62.6 Å². The van der Waals surface area contributed by atoms with Crippen LogP contribution in [0.15, 0.2) is 73.1 Å². The van der Waals surface area contributed by atoms with Crippen molar-refractivity contribution in [1.82, 2.24) is 60.2 Å². The maximum Gasteiger partial charge on any atom is 0.261 e. The van der Waals surface area contributed by atoms with E-state index in [1.54, 1.807) is 33.6 Å². The van der Waals surface area contributed by atoms with E-state index in [-0.39, 0.29) is 23.6 Å². The van der Waals surface area contributed by atoms with Gasteiger partial charge < -0.3 is 10.6 Å². The third kappa shape index (κ3) is 7.25. The van der Waals surface area contributed by atoms with Crippen LogP contribution in [0, 0.1) is 0 Å². The van der Waals surface area contributed by atoms with Crippen molar-refractivity contribution < 1.29 is 19.2 Å². The van der Waals surface area contributed by atoms with E-state index in [0.717, 1.165) is 98.7 Å². The Morgan fingerprint density at radius 2 is 0.933 bits per heavy atom. The number of hydrogen-bond acceptors (Lipinski definition) is 12. The summed E-state index contributed by atoms with van der Waals surface area (Å²) in [5.74, 6) is -1.08. The minimum atomic E-state index is -0.271. The zero-order valence-electron chi connectivity index (χ0n) is 33.9. The highest BCUT2D eigenvalue weighted by atomic mass is 16.2. The number of aromatic nitrogens is 6. The van der Waals surface area contributed by atoms with Gasteiger partial charge in [-0.1, -0.05) is 34.7 Å². The second-order valence-electron chi connectivity index (χ2n) is 15.5. The third-order valence-electron chi connectivity index (χ3n) is 11.8. The Morgan fingerprint density at radius 3 is 1.35 bits per heavy atom. The van der Waals surface area contributed by atoms with Crippen LogP contribution in [0.2, 0.25) is 0 Å². The fourth-order valence-corrected chi connectivity index (χ4v) is 8.79.